The van der Waals surface area contributed by atoms with Crippen molar-refractivity contribution in [3.05, 3.63) is 57.9 Å². The van der Waals surface area contributed by atoms with Gasteiger partial charge in [-0.3, -0.25) is 0 Å². The van der Waals surface area contributed by atoms with Gasteiger partial charge in [0.05, 0.1) is 22.9 Å². The third-order valence-electron chi connectivity index (χ3n) is 3.33. The summed E-state index contributed by atoms with van der Waals surface area (Å²) in [5.41, 5.74) is 1.57. The van der Waals surface area contributed by atoms with E-state index < -0.39 is 0 Å². The molecule has 0 fully saturated rings. The molecule has 0 saturated heterocycles. The molecule has 0 aliphatic rings. The van der Waals surface area contributed by atoms with Gasteiger partial charge in [-0.1, -0.05) is 16.9 Å². The summed E-state index contributed by atoms with van der Waals surface area (Å²) in [7, 11) is 0. The van der Waals surface area contributed by atoms with Crippen LogP contribution in [0.5, 0.6) is 0 Å². The fourth-order valence-electron chi connectivity index (χ4n) is 2.16. The summed E-state index contributed by atoms with van der Waals surface area (Å²) in [4.78, 5) is 8.66. The third kappa shape index (κ3) is 3.97. The Labute approximate surface area is 155 Å². The van der Waals surface area contributed by atoms with Crippen LogP contribution in [0.1, 0.15) is 22.4 Å². The number of benzene rings is 1. The highest BCUT2D eigenvalue weighted by atomic mass is 32.2. The highest BCUT2D eigenvalue weighted by Gasteiger charge is 2.13. The molecule has 4 rings (SSSR count). The van der Waals surface area contributed by atoms with Gasteiger partial charge in [-0.2, -0.15) is 4.98 Å². The van der Waals surface area contributed by atoms with Gasteiger partial charge in [0.15, 0.2) is 5.82 Å². The lowest BCUT2D eigenvalue weighted by atomic mass is 10.2. The zero-order valence-electron chi connectivity index (χ0n) is 13.5. The Kier molecular flexibility index (Phi) is 4.76. The summed E-state index contributed by atoms with van der Waals surface area (Å²) in [5, 5.41) is 15.3. The monoisotopic (exact) mass is 389 g/mol. The molecule has 0 aliphatic carbocycles. The zero-order valence-corrected chi connectivity index (χ0v) is 15.2. The molecule has 1 aromatic carbocycles. The highest BCUT2D eigenvalue weighted by Crippen LogP contribution is 2.23. The van der Waals surface area contributed by atoms with Crippen LogP contribution >= 0.6 is 23.1 Å². The molecular weight excluding hydrogens is 377 g/mol. The van der Waals surface area contributed by atoms with E-state index in [1.807, 2.05) is 12.3 Å². The average Bonchev–Trinajstić information content (AvgIpc) is 3.36. The van der Waals surface area contributed by atoms with Crippen molar-refractivity contribution < 1.29 is 13.3 Å². The first kappa shape index (κ1) is 16.9. The number of halogens is 1. The van der Waals surface area contributed by atoms with Crippen LogP contribution in [0.3, 0.4) is 0 Å². The molecule has 26 heavy (non-hydrogen) atoms. The summed E-state index contributed by atoms with van der Waals surface area (Å²) >= 11 is 2.90. The molecule has 0 amide bonds. The molecule has 0 aliphatic heterocycles. The third-order valence-corrected chi connectivity index (χ3v) is 4.97. The van der Waals surface area contributed by atoms with E-state index in [1.54, 1.807) is 23.5 Å². The maximum atomic E-state index is 13.0. The summed E-state index contributed by atoms with van der Waals surface area (Å²) in [6, 6.07) is 5.87. The van der Waals surface area contributed by atoms with Gasteiger partial charge in [0.25, 0.3) is 11.1 Å². The SMILES string of the molecule is Cc1nc(Cc2nnc(SCc3noc(-c4ccc(F)cc4)n3)o2)cs1. The molecule has 132 valence electrons. The van der Waals surface area contributed by atoms with Gasteiger partial charge in [0, 0.05) is 10.9 Å². The Morgan fingerprint density at radius 1 is 1.15 bits per heavy atom. The van der Waals surface area contributed by atoms with Gasteiger partial charge in [-0.15, -0.1) is 21.5 Å². The fraction of sp³-hybridized carbons (Fsp3) is 0.188. The van der Waals surface area contributed by atoms with E-state index in [-0.39, 0.29) is 5.82 Å². The minimum Gasteiger partial charge on any atom is -0.416 e. The molecule has 0 spiro atoms. The van der Waals surface area contributed by atoms with Gasteiger partial charge in [0.1, 0.15) is 5.82 Å². The summed E-state index contributed by atoms with van der Waals surface area (Å²) < 4.78 is 23.8. The molecule has 3 heterocycles. The molecule has 7 nitrogen and oxygen atoms in total. The molecule has 4 aromatic rings. The number of thioether (sulfide) groups is 1. The van der Waals surface area contributed by atoms with Gasteiger partial charge >= 0.3 is 0 Å². The van der Waals surface area contributed by atoms with Crippen molar-refractivity contribution >= 4 is 23.1 Å². The van der Waals surface area contributed by atoms with Crippen molar-refractivity contribution in [2.75, 3.05) is 0 Å². The maximum Gasteiger partial charge on any atom is 0.277 e. The molecule has 0 bridgehead atoms. The number of rotatable bonds is 6. The second-order valence-corrected chi connectivity index (χ2v) is 7.30. The van der Waals surface area contributed by atoms with Crippen LogP contribution in [-0.2, 0) is 12.2 Å². The van der Waals surface area contributed by atoms with E-state index in [0.29, 0.717) is 40.6 Å². The van der Waals surface area contributed by atoms with Crippen LogP contribution in [0.15, 0.2) is 43.8 Å². The van der Waals surface area contributed by atoms with Crippen molar-refractivity contribution in [2.24, 2.45) is 0 Å². The van der Waals surface area contributed by atoms with Gasteiger partial charge in [0.2, 0.25) is 5.89 Å². The average molecular weight is 389 g/mol. The van der Waals surface area contributed by atoms with E-state index >= 15 is 0 Å². The molecule has 3 aromatic heterocycles. The lowest BCUT2D eigenvalue weighted by Crippen LogP contribution is -1.88. The Hall–Kier alpha value is -2.59. The van der Waals surface area contributed by atoms with Crippen molar-refractivity contribution in [3.63, 3.8) is 0 Å². The van der Waals surface area contributed by atoms with Gasteiger partial charge < -0.3 is 8.94 Å². The number of hydrogen-bond donors (Lipinski definition) is 0. The Morgan fingerprint density at radius 3 is 2.77 bits per heavy atom. The minimum absolute atomic E-state index is 0.316. The fourth-order valence-corrected chi connectivity index (χ4v) is 3.40. The van der Waals surface area contributed by atoms with Crippen molar-refractivity contribution in [3.8, 4) is 11.5 Å². The zero-order chi connectivity index (χ0) is 17.9. The largest absolute Gasteiger partial charge is 0.416 e. The van der Waals surface area contributed by atoms with Gasteiger partial charge in [-0.05, 0) is 31.2 Å². The predicted molar refractivity (Wildman–Crippen MR) is 93.2 cm³/mol. The Bertz CT molecular complexity index is 1010. The van der Waals surface area contributed by atoms with E-state index in [0.717, 1.165) is 10.7 Å². The van der Waals surface area contributed by atoms with Crippen LogP contribution in [0, 0.1) is 12.7 Å². The first-order valence-electron chi connectivity index (χ1n) is 7.60. The van der Waals surface area contributed by atoms with E-state index in [9.17, 15) is 4.39 Å². The molecular formula is C16H12FN5O2S2. The Morgan fingerprint density at radius 2 is 2.00 bits per heavy atom. The van der Waals surface area contributed by atoms with Crippen LogP contribution in [0.25, 0.3) is 11.5 Å². The summed E-state index contributed by atoms with van der Waals surface area (Å²) in [6.45, 7) is 1.95. The summed E-state index contributed by atoms with van der Waals surface area (Å²) in [6.07, 6.45) is 0.509. The molecule has 0 radical (unpaired) electrons. The van der Waals surface area contributed by atoms with Crippen molar-refractivity contribution in [2.45, 2.75) is 24.3 Å². The van der Waals surface area contributed by atoms with Crippen LogP contribution in [-0.4, -0.2) is 25.3 Å². The molecule has 0 N–H and O–H groups in total. The predicted octanol–water partition coefficient (Wildman–Crippen LogP) is 3.91. The Balaban J connectivity index is 1.36. The normalized spacial score (nSPS) is 11.2. The first-order chi connectivity index (χ1) is 12.7. The lowest BCUT2D eigenvalue weighted by Gasteiger charge is -1.92. The van der Waals surface area contributed by atoms with E-state index in [2.05, 4.69) is 25.3 Å². The smallest absolute Gasteiger partial charge is 0.277 e. The number of thiazole rings is 1. The number of nitrogens with zero attached hydrogens (tertiary/aromatic N) is 5. The van der Waals surface area contributed by atoms with E-state index in [4.69, 9.17) is 8.94 Å². The summed E-state index contributed by atoms with van der Waals surface area (Å²) in [5.74, 6) is 1.44. The number of aromatic nitrogens is 5. The minimum atomic E-state index is -0.316. The maximum absolute atomic E-state index is 13.0. The molecule has 10 heteroatoms. The molecule has 0 atom stereocenters. The first-order valence-corrected chi connectivity index (χ1v) is 9.47. The highest BCUT2D eigenvalue weighted by molar-refractivity contribution is 7.98. The van der Waals surface area contributed by atoms with Crippen molar-refractivity contribution in [1.82, 2.24) is 25.3 Å². The van der Waals surface area contributed by atoms with Crippen molar-refractivity contribution in [1.29, 1.82) is 0 Å². The quantitative estimate of drug-likeness (QED) is 0.459. The molecule has 0 saturated carbocycles. The molecule has 0 unspecified atom stereocenters. The number of hydrogen-bond acceptors (Lipinski definition) is 9. The van der Waals surface area contributed by atoms with Crippen LogP contribution < -0.4 is 0 Å². The second kappa shape index (κ2) is 7.34. The number of aryl methyl sites for hydroxylation is 1. The van der Waals surface area contributed by atoms with E-state index in [1.165, 1.54) is 23.9 Å². The van der Waals surface area contributed by atoms with Crippen LogP contribution in [0.4, 0.5) is 4.39 Å². The standard InChI is InChI=1S/C16H12FN5O2S2/c1-9-18-12(7-25-9)6-14-20-21-16(23-14)26-8-13-19-15(24-22-13)10-2-4-11(17)5-3-10/h2-5,7H,6,8H2,1H3. The van der Waals surface area contributed by atoms with Gasteiger partial charge in [-0.25, -0.2) is 9.37 Å². The topological polar surface area (TPSA) is 90.7 Å². The van der Waals surface area contributed by atoms with Crippen LogP contribution in [0.2, 0.25) is 0 Å². The lowest BCUT2D eigenvalue weighted by molar-refractivity contribution is 0.418. The second-order valence-electron chi connectivity index (χ2n) is 5.31.